The van der Waals surface area contributed by atoms with E-state index in [1.807, 2.05) is 18.2 Å². The van der Waals surface area contributed by atoms with E-state index in [2.05, 4.69) is 0 Å². The first-order chi connectivity index (χ1) is 7.31. The minimum atomic E-state index is -0.319. The molecule has 78 valence electrons. The third-order valence-corrected chi connectivity index (χ3v) is 2.73. The van der Waals surface area contributed by atoms with Crippen LogP contribution in [0.5, 0.6) is 0 Å². The molecule has 1 heterocycles. The average Bonchev–Trinajstić information content (AvgIpc) is 2.25. The van der Waals surface area contributed by atoms with Crippen LogP contribution in [0, 0.1) is 0 Å². The first-order valence-electron chi connectivity index (χ1n) is 4.48. The summed E-state index contributed by atoms with van der Waals surface area (Å²) >= 11 is 1.30. The summed E-state index contributed by atoms with van der Waals surface area (Å²) in [6.45, 7) is 0. The molecule has 0 amide bonds. The average molecular weight is 222 g/mol. The molecule has 0 saturated carbocycles. The number of fused-ring (bicyclic) bond motifs is 1. The number of hydrogen-bond acceptors (Lipinski definition) is 4. The molecular weight excluding hydrogens is 212 g/mol. The monoisotopic (exact) mass is 222 g/mol. The molecule has 0 radical (unpaired) electrons. The Morgan fingerprint density at radius 2 is 2.20 bits per heavy atom. The van der Waals surface area contributed by atoms with Gasteiger partial charge in [0, 0.05) is 17.2 Å². The molecule has 4 heteroatoms. The van der Waals surface area contributed by atoms with Crippen LogP contribution in [0.15, 0.2) is 39.5 Å². The van der Waals surface area contributed by atoms with Gasteiger partial charge in [0.15, 0.2) is 0 Å². The summed E-state index contributed by atoms with van der Waals surface area (Å²) in [7, 11) is 1.61. The predicted octanol–water partition coefficient (Wildman–Crippen LogP) is 2.59. The summed E-state index contributed by atoms with van der Waals surface area (Å²) in [4.78, 5) is 11.3. The fraction of sp³-hybridized carbons (Fsp3) is 0.182. The zero-order valence-electron chi connectivity index (χ0n) is 8.23. The molecule has 0 atom stereocenters. The van der Waals surface area contributed by atoms with Gasteiger partial charge in [0.2, 0.25) is 0 Å². The highest BCUT2D eigenvalue weighted by atomic mass is 32.2. The summed E-state index contributed by atoms with van der Waals surface area (Å²) in [5, 5.41) is 0.960. The van der Waals surface area contributed by atoms with E-state index in [9.17, 15) is 4.79 Å². The van der Waals surface area contributed by atoms with Gasteiger partial charge in [0.1, 0.15) is 5.58 Å². The minimum absolute atomic E-state index is 0.319. The maximum absolute atomic E-state index is 11.3. The Hall–Kier alpha value is -1.26. The Labute approximate surface area is 91.3 Å². The Morgan fingerprint density at radius 1 is 1.40 bits per heavy atom. The molecule has 1 aromatic carbocycles. The van der Waals surface area contributed by atoms with Crippen molar-refractivity contribution >= 4 is 23.0 Å². The van der Waals surface area contributed by atoms with Gasteiger partial charge >= 0.3 is 5.63 Å². The molecule has 2 aromatic rings. The van der Waals surface area contributed by atoms with Crippen LogP contribution >= 0.6 is 12.0 Å². The van der Waals surface area contributed by atoms with E-state index in [0.29, 0.717) is 11.3 Å². The summed E-state index contributed by atoms with van der Waals surface area (Å²) in [6.07, 6.45) is 0. The first kappa shape index (κ1) is 10.3. The smallest absolute Gasteiger partial charge is 0.336 e. The molecular formula is C11H10O3S. The van der Waals surface area contributed by atoms with E-state index in [4.69, 9.17) is 8.60 Å². The van der Waals surface area contributed by atoms with Gasteiger partial charge < -0.3 is 8.60 Å². The second kappa shape index (κ2) is 4.51. The lowest BCUT2D eigenvalue weighted by atomic mass is 10.1. The molecule has 1 aromatic heterocycles. The molecule has 3 nitrogen and oxygen atoms in total. The fourth-order valence-electron chi connectivity index (χ4n) is 1.42. The maximum Gasteiger partial charge on any atom is 0.336 e. The summed E-state index contributed by atoms with van der Waals surface area (Å²) in [5.41, 5.74) is 1.24. The standard InChI is InChI=1S/C11H10O3S/c1-13-15-7-8-6-11(12)14-10-5-3-2-4-9(8)10/h2-6H,7H2,1H3. The van der Waals surface area contributed by atoms with Crippen molar-refractivity contribution < 1.29 is 8.60 Å². The van der Waals surface area contributed by atoms with Crippen molar-refractivity contribution in [3.8, 4) is 0 Å². The Balaban J connectivity index is 2.55. The molecule has 15 heavy (non-hydrogen) atoms. The van der Waals surface area contributed by atoms with Crippen molar-refractivity contribution in [2.24, 2.45) is 0 Å². The molecule has 0 N–H and O–H groups in total. The number of rotatable bonds is 3. The molecule has 0 aliphatic rings. The van der Waals surface area contributed by atoms with E-state index in [0.717, 1.165) is 10.9 Å². The van der Waals surface area contributed by atoms with Gasteiger partial charge in [0.05, 0.1) is 7.11 Å². The third-order valence-electron chi connectivity index (χ3n) is 2.07. The zero-order chi connectivity index (χ0) is 10.7. The van der Waals surface area contributed by atoms with Crippen LogP contribution in [0.4, 0.5) is 0 Å². The molecule has 0 bridgehead atoms. The molecule has 0 spiro atoms. The first-order valence-corrected chi connectivity index (χ1v) is 5.39. The molecule has 0 saturated heterocycles. The van der Waals surface area contributed by atoms with E-state index in [-0.39, 0.29) is 5.63 Å². The lowest BCUT2D eigenvalue weighted by molar-refractivity contribution is 0.489. The largest absolute Gasteiger partial charge is 0.423 e. The fourth-order valence-corrected chi connectivity index (χ4v) is 1.90. The summed E-state index contributed by atoms with van der Waals surface area (Å²) in [5.74, 6) is 0.641. The lowest BCUT2D eigenvalue weighted by Crippen LogP contribution is -1.99. The van der Waals surface area contributed by atoms with Crippen molar-refractivity contribution in [3.63, 3.8) is 0 Å². The molecule has 0 fully saturated rings. The van der Waals surface area contributed by atoms with Gasteiger partial charge in [-0.05, 0) is 23.7 Å². The molecule has 2 rings (SSSR count). The number of benzene rings is 1. The van der Waals surface area contributed by atoms with E-state index < -0.39 is 0 Å². The summed E-state index contributed by atoms with van der Waals surface area (Å²) < 4.78 is 10.00. The van der Waals surface area contributed by atoms with Crippen molar-refractivity contribution in [1.29, 1.82) is 0 Å². The van der Waals surface area contributed by atoms with Crippen molar-refractivity contribution in [2.45, 2.75) is 5.75 Å². The van der Waals surface area contributed by atoms with Gasteiger partial charge in [-0.3, -0.25) is 0 Å². The van der Waals surface area contributed by atoms with Crippen LogP contribution in [0.3, 0.4) is 0 Å². The second-order valence-electron chi connectivity index (χ2n) is 3.02. The van der Waals surface area contributed by atoms with E-state index in [1.165, 1.54) is 18.1 Å². The highest BCUT2D eigenvalue weighted by molar-refractivity contribution is 7.93. The van der Waals surface area contributed by atoms with Crippen molar-refractivity contribution in [1.82, 2.24) is 0 Å². The summed E-state index contributed by atoms with van der Waals surface area (Å²) in [6, 6.07) is 9.00. The third kappa shape index (κ3) is 2.22. The predicted molar refractivity (Wildman–Crippen MR) is 60.8 cm³/mol. The topological polar surface area (TPSA) is 39.4 Å². The Morgan fingerprint density at radius 3 is 3.00 bits per heavy atom. The van der Waals surface area contributed by atoms with Gasteiger partial charge in [-0.15, -0.1) is 0 Å². The van der Waals surface area contributed by atoms with E-state index >= 15 is 0 Å². The second-order valence-corrected chi connectivity index (χ2v) is 3.87. The van der Waals surface area contributed by atoms with Crippen LogP contribution in [0.1, 0.15) is 5.56 Å². The SMILES string of the molecule is COSCc1cc(=O)oc2ccccc12. The molecule has 0 unspecified atom stereocenters. The van der Waals surface area contributed by atoms with Crippen molar-refractivity contribution in [2.75, 3.05) is 7.11 Å². The zero-order valence-corrected chi connectivity index (χ0v) is 9.04. The Bertz CT molecular complexity index is 518. The van der Waals surface area contributed by atoms with Crippen LogP contribution in [-0.4, -0.2) is 7.11 Å². The van der Waals surface area contributed by atoms with Gasteiger partial charge in [-0.25, -0.2) is 4.79 Å². The minimum Gasteiger partial charge on any atom is -0.423 e. The quantitative estimate of drug-likeness (QED) is 0.591. The van der Waals surface area contributed by atoms with Crippen LogP contribution in [-0.2, 0) is 9.94 Å². The number of hydrogen-bond donors (Lipinski definition) is 0. The molecule has 0 aliphatic carbocycles. The highest BCUT2D eigenvalue weighted by Crippen LogP contribution is 2.20. The van der Waals surface area contributed by atoms with Crippen molar-refractivity contribution in [3.05, 3.63) is 46.3 Å². The van der Waals surface area contributed by atoms with Crippen LogP contribution < -0.4 is 5.63 Å². The lowest BCUT2D eigenvalue weighted by Gasteiger charge is -2.02. The van der Waals surface area contributed by atoms with E-state index in [1.54, 1.807) is 13.2 Å². The Kier molecular flexibility index (Phi) is 3.08. The van der Waals surface area contributed by atoms with Crippen LogP contribution in [0.2, 0.25) is 0 Å². The van der Waals surface area contributed by atoms with Gasteiger partial charge in [-0.2, -0.15) is 0 Å². The van der Waals surface area contributed by atoms with Gasteiger partial charge in [-0.1, -0.05) is 18.2 Å². The number of para-hydroxylation sites is 1. The van der Waals surface area contributed by atoms with Crippen LogP contribution in [0.25, 0.3) is 11.0 Å². The van der Waals surface area contributed by atoms with Gasteiger partial charge in [0.25, 0.3) is 0 Å². The normalized spacial score (nSPS) is 10.7. The highest BCUT2D eigenvalue weighted by Gasteiger charge is 2.04. The maximum atomic E-state index is 11.3. The molecule has 0 aliphatic heterocycles.